The molecule has 2 aromatic carbocycles. The molecule has 2 heterocycles. The molecule has 10 nitrogen and oxygen atoms in total. The van der Waals surface area contributed by atoms with Gasteiger partial charge in [-0.1, -0.05) is 23.7 Å². The molecule has 1 aromatic heterocycles. The summed E-state index contributed by atoms with van der Waals surface area (Å²) in [5.74, 6) is -2.33. The third kappa shape index (κ3) is 4.41. The average molecular weight is 509 g/mol. The van der Waals surface area contributed by atoms with Crippen molar-refractivity contribution in [3.63, 3.8) is 0 Å². The molecule has 0 saturated heterocycles. The minimum Gasteiger partial charge on any atom is -0.394 e. The van der Waals surface area contributed by atoms with Crippen molar-refractivity contribution in [2.24, 2.45) is 5.73 Å². The van der Waals surface area contributed by atoms with Gasteiger partial charge in [0.1, 0.15) is 11.4 Å². The van der Waals surface area contributed by atoms with Crippen LogP contribution in [0.25, 0.3) is 11.4 Å². The SMILES string of the molecule is CC(C)(CO)n1nnc(-c2cc3c(cc2F)S(=O)(=O)C[C@H](N)C(=O)N3Cc2ccc(Cl)cc2)n1. The van der Waals surface area contributed by atoms with Gasteiger partial charge in [0, 0.05) is 5.02 Å². The first kappa shape index (κ1) is 24.2. The van der Waals surface area contributed by atoms with Gasteiger partial charge in [-0.2, -0.15) is 4.80 Å². The first-order chi connectivity index (χ1) is 15.9. The number of sulfone groups is 1. The van der Waals surface area contributed by atoms with E-state index in [1.807, 2.05) is 0 Å². The molecule has 3 aromatic rings. The van der Waals surface area contributed by atoms with Gasteiger partial charge < -0.3 is 15.7 Å². The van der Waals surface area contributed by atoms with Crippen LogP contribution in [0.15, 0.2) is 41.3 Å². The Balaban J connectivity index is 1.88. The summed E-state index contributed by atoms with van der Waals surface area (Å²) in [6, 6.07) is 7.37. The highest BCUT2D eigenvalue weighted by molar-refractivity contribution is 7.91. The first-order valence-electron chi connectivity index (χ1n) is 10.2. The van der Waals surface area contributed by atoms with E-state index in [1.165, 1.54) is 11.0 Å². The Hall–Kier alpha value is -2.93. The number of hydrogen-bond acceptors (Lipinski definition) is 8. The molecule has 1 aliphatic rings. The fourth-order valence-corrected chi connectivity index (χ4v) is 5.16. The number of anilines is 1. The number of nitrogens with two attached hydrogens (primary N) is 1. The summed E-state index contributed by atoms with van der Waals surface area (Å²) in [5, 5.41) is 21.9. The van der Waals surface area contributed by atoms with E-state index in [2.05, 4.69) is 15.4 Å². The van der Waals surface area contributed by atoms with E-state index in [4.69, 9.17) is 17.3 Å². The van der Waals surface area contributed by atoms with Crippen molar-refractivity contribution in [2.45, 2.75) is 36.9 Å². The molecule has 1 atom stereocenters. The number of aliphatic hydroxyl groups excluding tert-OH is 1. The largest absolute Gasteiger partial charge is 0.394 e. The van der Waals surface area contributed by atoms with E-state index in [-0.39, 0.29) is 35.1 Å². The van der Waals surface area contributed by atoms with Gasteiger partial charge in [0.15, 0.2) is 9.84 Å². The maximum Gasteiger partial charge on any atom is 0.245 e. The zero-order valence-corrected chi connectivity index (χ0v) is 19.9. The number of aliphatic hydroxyl groups is 1. The van der Waals surface area contributed by atoms with Gasteiger partial charge in [-0.15, -0.1) is 10.2 Å². The minimum absolute atomic E-state index is 0.0189. The lowest BCUT2D eigenvalue weighted by atomic mass is 10.1. The molecule has 0 bridgehead atoms. The molecule has 4 rings (SSSR count). The molecular formula is C21H22ClFN6O4S. The molecule has 1 amide bonds. The maximum absolute atomic E-state index is 15.1. The van der Waals surface area contributed by atoms with Crippen LogP contribution in [0, 0.1) is 5.82 Å². The molecule has 0 radical (unpaired) electrons. The predicted octanol–water partition coefficient (Wildman–Crippen LogP) is 1.51. The van der Waals surface area contributed by atoms with Gasteiger partial charge in [-0.05, 0) is 48.9 Å². The number of hydrogen-bond donors (Lipinski definition) is 2. The van der Waals surface area contributed by atoms with Crippen LogP contribution in [0.5, 0.6) is 0 Å². The van der Waals surface area contributed by atoms with Crippen LogP contribution in [0.4, 0.5) is 10.1 Å². The lowest BCUT2D eigenvalue weighted by Gasteiger charge is -2.24. The highest BCUT2D eigenvalue weighted by Crippen LogP contribution is 2.36. The summed E-state index contributed by atoms with van der Waals surface area (Å²) in [5.41, 5.74) is 5.47. The van der Waals surface area contributed by atoms with Crippen LogP contribution >= 0.6 is 11.6 Å². The second-order valence-corrected chi connectivity index (χ2v) is 11.1. The van der Waals surface area contributed by atoms with Crippen molar-refractivity contribution in [1.82, 2.24) is 20.2 Å². The predicted molar refractivity (Wildman–Crippen MR) is 122 cm³/mol. The third-order valence-corrected chi connectivity index (χ3v) is 7.54. The smallest absolute Gasteiger partial charge is 0.245 e. The van der Waals surface area contributed by atoms with Crippen molar-refractivity contribution >= 4 is 33.0 Å². The van der Waals surface area contributed by atoms with Crippen molar-refractivity contribution in [2.75, 3.05) is 17.3 Å². The van der Waals surface area contributed by atoms with E-state index < -0.39 is 38.9 Å². The molecule has 0 fully saturated rings. The van der Waals surface area contributed by atoms with E-state index in [0.717, 1.165) is 10.9 Å². The van der Waals surface area contributed by atoms with Gasteiger partial charge in [0.25, 0.3) is 0 Å². The Morgan fingerprint density at radius 3 is 2.59 bits per heavy atom. The number of tetrazole rings is 1. The fraction of sp³-hybridized carbons (Fsp3) is 0.333. The standard InChI is InChI=1S/C21H22ClFN6O4S/c1-21(2,11-30)29-26-19(25-27-29)14-7-17-18(8-15(14)23)34(32,33)10-16(24)20(31)28(17)9-12-3-5-13(22)6-4-12/h3-8,16,30H,9-11,24H2,1-2H3/t16-/m0/s1. The van der Waals surface area contributed by atoms with Crippen molar-refractivity contribution in [1.29, 1.82) is 0 Å². The Morgan fingerprint density at radius 1 is 1.26 bits per heavy atom. The van der Waals surface area contributed by atoms with E-state index in [9.17, 15) is 18.3 Å². The van der Waals surface area contributed by atoms with Crippen LogP contribution in [-0.4, -0.2) is 58.0 Å². The molecule has 34 heavy (non-hydrogen) atoms. The van der Waals surface area contributed by atoms with Gasteiger partial charge in [0.2, 0.25) is 11.7 Å². The first-order valence-corrected chi connectivity index (χ1v) is 12.3. The van der Waals surface area contributed by atoms with Crippen LogP contribution in [0.3, 0.4) is 0 Å². The molecule has 0 saturated carbocycles. The van der Waals surface area contributed by atoms with Gasteiger partial charge in [0.05, 0.1) is 41.1 Å². The monoisotopic (exact) mass is 508 g/mol. The fourth-order valence-electron chi connectivity index (χ4n) is 3.47. The summed E-state index contributed by atoms with van der Waals surface area (Å²) >= 11 is 5.94. The zero-order chi connectivity index (χ0) is 24.8. The van der Waals surface area contributed by atoms with Crippen LogP contribution in [0.2, 0.25) is 5.02 Å². The second-order valence-electron chi connectivity index (χ2n) is 8.61. The highest BCUT2D eigenvalue weighted by Gasteiger charge is 2.37. The molecule has 1 aliphatic heterocycles. The van der Waals surface area contributed by atoms with Gasteiger partial charge in [-0.3, -0.25) is 4.79 Å². The third-order valence-electron chi connectivity index (χ3n) is 5.49. The molecule has 13 heteroatoms. The molecule has 0 unspecified atom stereocenters. The molecule has 0 spiro atoms. The average Bonchev–Trinajstić information content (AvgIpc) is 3.27. The van der Waals surface area contributed by atoms with Crippen molar-refractivity contribution in [3.05, 3.63) is 52.8 Å². The molecule has 3 N–H and O–H groups in total. The Bertz CT molecular complexity index is 1360. The van der Waals surface area contributed by atoms with Gasteiger partial charge in [-0.25, -0.2) is 12.8 Å². The normalized spacial score (nSPS) is 18.0. The van der Waals surface area contributed by atoms with Gasteiger partial charge >= 0.3 is 0 Å². The lowest BCUT2D eigenvalue weighted by molar-refractivity contribution is -0.119. The summed E-state index contributed by atoms with van der Waals surface area (Å²) in [7, 11) is -4.08. The summed E-state index contributed by atoms with van der Waals surface area (Å²) in [6.07, 6.45) is 0. The van der Waals surface area contributed by atoms with Crippen molar-refractivity contribution < 1.29 is 22.7 Å². The van der Waals surface area contributed by atoms with E-state index in [1.54, 1.807) is 38.1 Å². The number of fused-ring (bicyclic) bond motifs is 1. The van der Waals surface area contributed by atoms with E-state index >= 15 is 4.39 Å². The summed E-state index contributed by atoms with van der Waals surface area (Å²) < 4.78 is 41.0. The molecular weight excluding hydrogens is 487 g/mol. The number of rotatable bonds is 5. The highest BCUT2D eigenvalue weighted by atomic mass is 35.5. The lowest BCUT2D eigenvalue weighted by Crippen LogP contribution is -2.45. The van der Waals surface area contributed by atoms with E-state index in [0.29, 0.717) is 10.6 Å². The second kappa shape index (κ2) is 8.69. The Kier molecular flexibility index (Phi) is 6.19. The number of benzene rings is 2. The summed E-state index contributed by atoms with van der Waals surface area (Å²) in [6.45, 7) is 3.00. The number of aromatic nitrogens is 4. The van der Waals surface area contributed by atoms with Crippen LogP contribution in [-0.2, 0) is 26.7 Å². The van der Waals surface area contributed by atoms with Crippen LogP contribution in [0.1, 0.15) is 19.4 Å². The molecule has 180 valence electrons. The maximum atomic E-state index is 15.1. The Labute approximate surface area is 200 Å². The molecule has 0 aliphatic carbocycles. The topological polar surface area (TPSA) is 144 Å². The number of halogens is 2. The Morgan fingerprint density at radius 2 is 1.94 bits per heavy atom. The number of carbonyl (C=O) groups is 1. The number of nitrogens with zero attached hydrogens (tertiary/aromatic N) is 5. The minimum atomic E-state index is -4.08. The van der Waals surface area contributed by atoms with Crippen molar-refractivity contribution in [3.8, 4) is 11.4 Å². The zero-order valence-electron chi connectivity index (χ0n) is 18.3. The van der Waals surface area contributed by atoms with Crippen LogP contribution < -0.4 is 10.6 Å². The number of amides is 1. The summed E-state index contributed by atoms with van der Waals surface area (Å²) in [4.78, 5) is 15.1. The quantitative estimate of drug-likeness (QED) is 0.527. The number of carbonyl (C=O) groups excluding carboxylic acids is 1.